The summed E-state index contributed by atoms with van der Waals surface area (Å²) in [5.41, 5.74) is -0.386. The Hall–Kier alpha value is -2.20. The molecule has 128 valence electrons. The first-order chi connectivity index (χ1) is 10.6. The molecule has 0 saturated heterocycles. The lowest BCUT2D eigenvalue weighted by atomic mass is 10.0. The molecule has 1 rings (SSSR count). The number of methoxy groups -OCH3 is 1. The van der Waals surface area contributed by atoms with Crippen LogP contribution in [0.3, 0.4) is 0 Å². The van der Waals surface area contributed by atoms with Crippen LogP contribution < -0.4 is 9.46 Å². The van der Waals surface area contributed by atoms with Crippen molar-refractivity contribution in [2.24, 2.45) is 5.92 Å². The van der Waals surface area contributed by atoms with Crippen molar-refractivity contribution in [1.82, 2.24) is 4.72 Å². The first-order valence-electron chi connectivity index (χ1n) is 6.71. The smallest absolute Gasteiger partial charge is 0.322 e. The highest BCUT2D eigenvalue weighted by Crippen LogP contribution is 2.29. The van der Waals surface area contributed by atoms with E-state index in [0.29, 0.717) is 6.42 Å². The summed E-state index contributed by atoms with van der Waals surface area (Å²) in [7, 11) is -3.00. The molecule has 0 aromatic heterocycles. The Morgan fingerprint density at radius 3 is 2.52 bits per heavy atom. The van der Waals surface area contributed by atoms with Crippen molar-refractivity contribution >= 4 is 21.7 Å². The van der Waals surface area contributed by atoms with E-state index in [1.807, 2.05) is 0 Å². The topological polar surface area (TPSA) is 136 Å². The molecule has 0 heterocycles. The maximum absolute atomic E-state index is 12.3. The van der Waals surface area contributed by atoms with E-state index in [1.54, 1.807) is 13.8 Å². The molecule has 0 radical (unpaired) electrons. The second kappa shape index (κ2) is 7.38. The van der Waals surface area contributed by atoms with Gasteiger partial charge in [-0.3, -0.25) is 14.9 Å². The van der Waals surface area contributed by atoms with Crippen molar-refractivity contribution < 1.29 is 28.0 Å². The number of carboxylic acid groups (broad SMARTS) is 1. The van der Waals surface area contributed by atoms with Gasteiger partial charge in [-0.05, 0) is 12.0 Å². The lowest BCUT2D eigenvalue weighted by molar-refractivity contribution is -0.385. The van der Waals surface area contributed by atoms with Gasteiger partial charge < -0.3 is 9.84 Å². The summed E-state index contributed by atoms with van der Waals surface area (Å²) in [5.74, 6) is -1.95. The summed E-state index contributed by atoms with van der Waals surface area (Å²) >= 11 is 0. The third-order valence-electron chi connectivity index (χ3n) is 3.42. The molecule has 0 aliphatic rings. The maximum Gasteiger partial charge on any atom is 0.322 e. The second-order valence-electron chi connectivity index (χ2n) is 4.91. The average Bonchev–Trinajstić information content (AvgIpc) is 2.50. The van der Waals surface area contributed by atoms with E-state index in [9.17, 15) is 23.3 Å². The normalized spacial score (nSPS) is 14.0. The van der Waals surface area contributed by atoms with Gasteiger partial charge in [0.25, 0.3) is 0 Å². The molecule has 0 aliphatic heterocycles. The zero-order valence-corrected chi connectivity index (χ0v) is 13.7. The van der Waals surface area contributed by atoms with E-state index >= 15 is 0 Å². The molecule has 1 aromatic carbocycles. The molecule has 0 saturated carbocycles. The number of carbonyl (C=O) groups is 1. The van der Waals surface area contributed by atoms with Gasteiger partial charge in [0.1, 0.15) is 6.04 Å². The van der Waals surface area contributed by atoms with E-state index in [0.717, 1.165) is 18.2 Å². The van der Waals surface area contributed by atoms with Gasteiger partial charge in [0, 0.05) is 12.1 Å². The lowest BCUT2D eigenvalue weighted by Gasteiger charge is -2.20. The molecular formula is C13H18N2O7S. The van der Waals surface area contributed by atoms with Crippen molar-refractivity contribution in [1.29, 1.82) is 0 Å². The number of nitro groups is 1. The van der Waals surface area contributed by atoms with Crippen LogP contribution >= 0.6 is 0 Å². The Balaban J connectivity index is 3.22. The van der Waals surface area contributed by atoms with Crippen molar-refractivity contribution in [3.05, 3.63) is 28.3 Å². The number of hydrogen-bond donors (Lipinski definition) is 2. The molecule has 0 aliphatic carbocycles. The highest BCUT2D eigenvalue weighted by atomic mass is 32.2. The number of aliphatic carboxylic acids is 1. The fourth-order valence-corrected chi connectivity index (χ4v) is 3.17. The summed E-state index contributed by atoms with van der Waals surface area (Å²) in [6.07, 6.45) is 0.461. The molecule has 0 bridgehead atoms. The Labute approximate surface area is 133 Å². The summed E-state index contributed by atoms with van der Waals surface area (Å²) in [6.45, 7) is 3.35. The SMILES string of the molecule is CC[C@H](C)[C@H](NS(=O)(=O)c1ccc([N+](=O)[O-])c(OC)c1)C(=O)O. The molecule has 0 fully saturated rings. The Morgan fingerprint density at radius 2 is 2.09 bits per heavy atom. The van der Waals surface area contributed by atoms with Gasteiger partial charge in [0.15, 0.2) is 5.75 Å². The largest absolute Gasteiger partial charge is 0.490 e. The standard InChI is InChI=1S/C13H18N2O7S/c1-4-8(2)12(13(16)17)14-23(20,21)9-5-6-10(15(18)19)11(7-9)22-3/h5-8,12,14H,4H2,1-3H3,(H,16,17)/t8-,12-/m0/s1. The van der Waals surface area contributed by atoms with Crippen LogP contribution in [0.15, 0.2) is 23.1 Å². The van der Waals surface area contributed by atoms with Crippen molar-refractivity contribution in [3.63, 3.8) is 0 Å². The number of rotatable bonds is 8. The van der Waals surface area contributed by atoms with Crippen LogP contribution in [0.4, 0.5) is 5.69 Å². The van der Waals surface area contributed by atoms with Crippen LogP contribution in [-0.4, -0.2) is 37.6 Å². The fraction of sp³-hybridized carbons (Fsp3) is 0.462. The molecule has 0 amide bonds. The van der Waals surface area contributed by atoms with Gasteiger partial charge in [0.05, 0.1) is 16.9 Å². The number of nitrogens with one attached hydrogen (secondary N) is 1. The highest BCUT2D eigenvalue weighted by molar-refractivity contribution is 7.89. The molecular weight excluding hydrogens is 328 g/mol. The van der Waals surface area contributed by atoms with Gasteiger partial charge in [-0.15, -0.1) is 0 Å². The zero-order chi connectivity index (χ0) is 17.8. The van der Waals surface area contributed by atoms with Crippen molar-refractivity contribution in [2.75, 3.05) is 7.11 Å². The van der Waals surface area contributed by atoms with Gasteiger partial charge in [-0.25, -0.2) is 8.42 Å². The summed E-state index contributed by atoms with van der Waals surface area (Å²) < 4.78 is 31.6. The maximum atomic E-state index is 12.3. The van der Waals surface area contributed by atoms with Gasteiger partial charge in [0.2, 0.25) is 10.0 Å². The third kappa shape index (κ3) is 4.39. The third-order valence-corrected chi connectivity index (χ3v) is 4.86. The van der Waals surface area contributed by atoms with Gasteiger partial charge in [-0.2, -0.15) is 4.72 Å². The molecule has 2 atom stereocenters. The van der Waals surface area contributed by atoms with E-state index in [4.69, 9.17) is 9.84 Å². The summed E-state index contributed by atoms with van der Waals surface area (Å²) in [6, 6.07) is 1.70. The van der Waals surface area contributed by atoms with Crippen LogP contribution in [0.2, 0.25) is 0 Å². The van der Waals surface area contributed by atoms with Crippen molar-refractivity contribution in [2.45, 2.75) is 31.2 Å². The predicted molar refractivity (Wildman–Crippen MR) is 80.8 cm³/mol. The molecule has 10 heteroatoms. The van der Waals surface area contributed by atoms with Crippen LogP contribution in [0.1, 0.15) is 20.3 Å². The highest BCUT2D eigenvalue weighted by Gasteiger charge is 2.30. The number of sulfonamides is 1. The van der Waals surface area contributed by atoms with E-state index in [-0.39, 0.29) is 16.3 Å². The molecule has 0 unspecified atom stereocenters. The van der Waals surface area contributed by atoms with E-state index < -0.39 is 32.9 Å². The molecule has 0 spiro atoms. The van der Waals surface area contributed by atoms with Crippen LogP contribution in [0, 0.1) is 16.0 Å². The summed E-state index contributed by atoms with van der Waals surface area (Å²) in [4.78, 5) is 21.0. The Bertz CT molecular complexity index is 702. The average molecular weight is 346 g/mol. The fourth-order valence-electron chi connectivity index (χ4n) is 1.86. The minimum absolute atomic E-state index is 0.228. The lowest BCUT2D eigenvalue weighted by Crippen LogP contribution is -2.44. The number of benzene rings is 1. The number of nitrogens with zero attached hydrogens (tertiary/aromatic N) is 1. The molecule has 23 heavy (non-hydrogen) atoms. The van der Waals surface area contributed by atoms with E-state index in [2.05, 4.69) is 4.72 Å². The monoisotopic (exact) mass is 346 g/mol. The van der Waals surface area contributed by atoms with Gasteiger partial charge in [-0.1, -0.05) is 20.3 Å². The number of ether oxygens (including phenoxy) is 1. The molecule has 2 N–H and O–H groups in total. The Morgan fingerprint density at radius 1 is 1.48 bits per heavy atom. The zero-order valence-electron chi connectivity index (χ0n) is 12.8. The second-order valence-corrected chi connectivity index (χ2v) is 6.63. The number of carboxylic acids is 1. The van der Waals surface area contributed by atoms with Crippen LogP contribution in [-0.2, 0) is 14.8 Å². The van der Waals surface area contributed by atoms with Crippen LogP contribution in [0.5, 0.6) is 5.75 Å². The van der Waals surface area contributed by atoms with E-state index in [1.165, 1.54) is 7.11 Å². The molecule has 1 aromatic rings. The minimum atomic E-state index is -4.17. The minimum Gasteiger partial charge on any atom is -0.490 e. The first kappa shape index (κ1) is 18.8. The number of hydrogen-bond acceptors (Lipinski definition) is 6. The number of nitro benzene ring substituents is 1. The first-order valence-corrected chi connectivity index (χ1v) is 8.20. The summed E-state index contributed by atoms with van der Waals surface area (Å²) in [5, 5.41) is 20.0. The molecule has 9 nitrogen and oxygen atoms in total. The Kier molecular flexibility index (Phi) is 6.05. The quantitative estimate of drug-likeness (QED) is 0.536. The van der Waals surface area contributed by atoms with Crippen LogP contribution in [0.25, 0.3) is 0 Å². The van der Waals surface area contributed by atoms with Crippen molar-refractivity contribution in [3.8, 4) is 5.75 Å². The van der Waals surface area contributed by atoms with Gasteiger partial charge >= 0.3 is 11.7 Å². The predicted octanol–water partition coefficient (Wildman–Crippen LogP) is 1.38.